The molecule has 0 radical (unpaired) electrons. The second-order valence-corrected chi connectivity index (χ2v) is 4.24. The van der Waals surface area contributed by atoms with Crippen LogP contribution in [-0.4, -0.2) is 23.4 Å². The molecule has 1 atom stereocenters. The van der Waals surface area contributed by atoms with E-state index in [1.165, 1.54) is 0 Å². The van der Waals surface area contributed by atoms with Gasteiger partial charge in [0.25, 0.3) is 0 Å². The molecule has 0 aliphatic carbocycles. The van der Waals surface area contributed by atoms with E-state index < -0.39 is 0 Å². The van der Waals surface area contributed by atoms with Gasteiger partial charge >= 0.3 is 0 Å². The first-order valence-electron chi connectivity index (χ1n) is 5.61. The van der Waals surface area contributed by atoms with E-state index in [1.807, 2.05) is 35.2 Å². The molecule has 0 aromatic heterocycles. The van der Waals surface area contributed by atoms with Crippen molar-refractivity contribution in [2.75, 3.05) is 6.54 Å². The van der Waals surface area contributed by atoms with Gasteiger partial charge in [0, 0.05) is 12.6 Å². The maximum atomic E-state index is 12.0. The molecule has 15 heavy (non-hydrogen) atoms. The lowest BCUT2D eigenvalue weighted by atomic mass is 10.1. The van der Waals surface area contributed by atoms with Gasteiger partial charge in [-0.15, -0.1) is 0 Å². The van der Waals surface area contributed by atoms with Crippen LogP contribution < -0.4 is 0 Å². The highest BCUT2D eigenvalue weighted by atomic mass is 16.2. The van der Waals surface area contributed by atoms with Crippen LogP contribution >= 0.6 is 0 Å². The van der Waals surface area contributed by atoms with Gasteiger partial charge in [-0.1, -0.05) is 30.3 Å². The molecule has 1 saturated heterocycles. The van der Waals surface area contributed by atoms with Crippen molar-refractivity contribution in [3.63, 3.8) is 0 Å². The highest BCUT2D eigenvalue weighted by Crippen LogP contribution is 2.17. The summed E-state index contributed by atoms with van der Waals surface area (Å²) in [6, 6.07) is 10.4. The molecule has 80 valence electrons. The lowest BCUT2D eigenvalue weighted by Crippen LogP contribution is -2.34. The summed E-state index contributed by atoms with van der Waals surface area (Å²) < 4.78 is 0. The van der Waals surface area contributed by atoms with Crippen LogP contribution in [0.25, 0.3) is 0 Å². The Kier molecular flexibility index (Phi) is 3.05. The van der Waals surface area contributed by atoms with Gasteiger partial charge in [0.05, 0.1) is 6.42 Å². The van der Waals surface area contributed by atoms with Crippen LogP contribution in [0.3, 0.4) is 0 Å². The fourth-order valence-electron chi connectivity index (χ4n) is 2.18. The number of benzene rings is 1. The Balaban J connectivity index is 1.98. The number of likely N-dealkylation sites (tertiary alicyclic amines) is 1. The maximum absolute atomic E-state index is 12.0. The highest BCUT2D eigenvalue weighted by molar-refractivity contribution is 5.79. The number of hydrogen-bond acceptors (Lipinski definition) is 1. The number of amides is 1. The fraction of sp³-hybridized carbons (Fsp3) is 0.462. The van der Waals surface area contributed by atoms with Gasteiger partial charge in [0.15, 0.2) is 0 Å². The molecule has 0 unspecified atom stereocenters. The summed E-state index contributed by atoms with van der Waals surface area (Å²) in [7, 11) is 0. The molecule has 1 amide bonds. The Morgan fingerprint density at radius 2 is 2.13 bits per heavy atom. The van der Waals surface area contributed by atoms with Gasteiger partial charge in [-0.05, 0) is 25.3 Å². The van der Waals surface area contributed by atoms with Crippen LogP contribution in [0.2, 0.25) is 0 Å². The number of hydrogen-bond donors (Lipinski definition) is 0. The minimum Gasteiger partial charge on any atom is -0.340 e. The van der Waals surface area contributed by atoms with Crippen LogP contribution in [0.4, 0.5) is 0 Å². The zero-order chi connectivity index (χ0) is 10.7. The van der Waals surface area contributed by atoms with Crippen molar-refractivity contribution in [1.29, 1.82) is 0 Å². The van der Waals surface area contributed by atoms with Crippen LogP contribution in [0, 0.1) is 0 Å². The number of carbonyl (C=O) groups is 1. The third kappa shape index (κ3) is 2.38. The standard InChI is InChI=1S/C13H17NO/c1-11-6-5-9-14(11)13(15)10-12-7-3-2-4-8-12/h2-4,7-8,11H,5-6,9-10H2,1H3/t11-/m1/s1. The third-order valence-electron chi connectivity index (χ3n) is 3.07. The summed E-state index contributed by atoms with van der Waals surface area (Å²) in [5, 5.41) is 0. The monoisotopic (exact) mass is 203 g/mol. The van der Waals surface area contributed by atoms with Gasteiger partial charge in [0.1, 0.15) is 0 Å². The fourth-order valence-corrected chi connectivity index (χ4v) is 2.18. The van der Waals surface area contributed by atoms with Gasteiger partial charge in [0.2, 0.25) is 5.91 Å². The number of carbonyl (C=O) groups excluding carboxylic acids is 1. The molecule has 1 aliphatic rings. The van der Waals surface area contributed by atoms with E-state index >= 15 is 0 Å². The first-order chi connectivity index (χ1) is 7.27. The molecule has 2 heteroatoms. The summed E-state index contributed by atoms with van der Waals surface area (Å²) in [5.74, 6) is 0.270. The average molecular weight is 203 g/mol. The van der Waals surface area contributed by atoms with Gasteiger partial charge in [-0.25, -0.2) is 0 Å². The average Bonchev–Trinajstić information content (AvgIpc) is 2.66. The van der Waals surface area contributed by atoms with Crippen LogP contribution in [0.1, 0.15) is 25.3 Å². The Hall–Kier alpha value is -1.31. The third-order valence-corrected chi connectivity index (χ3v) is 3.07. The van der Waals surface area contributed by atoms with Gasteiger partial charge in [-0.3, -0.25) is 4.79 Å². The lowest BCUT2D eigenvalue weighted by molar-refractivity contribution is -0.130. The SMILES string of the molecule is C[C@@H]1CCCN1C(=O)Cc1ccccc1. The minimum atomic E-state index is 0.270. The molecule has 1 aliphatic heterocycles. The second kappa shape index (κ2) is 4.47. The van der Waals surface area contributed by atoms with E-state index in [1.54, 1.807) is 0 Å². The van der Waals surface area contributed by atoms with Gasteiger partial charge in [-0.2, -0.15) is 0 Å². The van der Waals surface area contributed by atoms with E-state index in [4.69, 9.17) is 0 Å². The second-order valence-electron chi connectivity index (χ2n) is 4.24. The molecule has 0 spiro atoms. The zero-order valence-electron chi connectivity index (χ0n) is 9.15. The molecule has 2 nitrogen and oxygen atoms in total. The zero-order valence-corrected chi connectivity index (χ0v) is 9.15. The lowest BCUT2D eigenvalue weighted by Gasteiger charge is -2.21. The quantitative estimate of drug-likeness (QED) is 0.722. The van der Waals surface area contributed by atoms with Crippen LogP contribution in [0.5, 0.6) is 0 Å². The van der Waals surface area contributed by atoms with Crippen molar-refractivity contribution >= 4 is 5.91 Å². The summed E-state index contributed by atoms with van der Waals surface area (Å²) in [6.45, 7) is 3.07. The molecule has 1 heterocycles. The molecule has 1 aromatic rings. The summed E-state index contributed by atoms with van der Waals surface area (Å²) in [6.07, 6.45) is 2.85. The van der Waals surface area contributed by atoms with Crippen molar-refractivity contribution in [2.45, 2.75) is 32.2 Å². The molecule has 0 bridgehead atoms. The molecule has 1 aromatic carbocycles. The number of nitrogens with zero attached hydrogens (tertiary/aromatic N) is 1. The van der Waals surface area contributed by atoms with E-state index in [0.29, 0.717) is 12.5 Å². The van der Waals surface area contributed by atoms with Gasteiger partial charge < -0.3 is 4.90 Å². The Morgan fingerprint density at radius 3 is 2.73 bits per heavy atom. The normalized spacial score (nSPS) is 20.6. The number of rotatable bonds is 2. The molecule has 0 saturated carbocycles. The minimum absolute atomic E-state index is 0.270. The highest BCUT2D eigenvalue weighted by Gasteiger charge is 2.24. The van der Waals surface area contributed by atoms with E-state index in [-0.39, 0.29) is 5.91 Å². The molecular formula is C13H17NO. The van der Waals surface area contributed by atoms with E-state index in [9.17, 15) is 4.79 Å². The van der Waals surface area contributed by atoms with Crippen molar-refractivity contribution in [3.05, 3.63) is 35.9 Å². The van der Waals surface area contributed by atoms with Crippen molar-refractivity contribution in [3.8, 4) is 0 Å². The molecule has 1 fully saturated rings. The molecule has 0 N–H and O–H groups in total. The van der Waals surface area contributed by atoms with E-state index in [2.05, 4.69) is 6.92 Å². The Bertz CT molecular complexity index is 334. The van der Waals surface area contributed by atoms with Crippen molar-refractivity contribution in [2.24, 2.45) is 0 Å². The predicted molar refractivity (Wildman–Crippen MR) is 60.6 cm³/mol. The smallest absolute Gasteiger partial charge is 0.227 e. The largest absolute Gasteiger partial charge is 0.340 e. The van der Waals surface area contributed by atoms with Crippen LogP contribution in [-0.2, 0) is 11.2 Å². The summed E-state index contributed by atoms with van der Waals surface area (Å²) >= 11 is 0. The Morgan fingerprint density at radius 1 is 1.40 bits per heavy atom. The summed E-state index contributed by atoms with van der Waals surface area (Å²) in [5.41, 5.74) is 1.11. The first kappa shape index (κ1) is 10.2. The Labute approximate surface area is 90.9 Å². The maximum Gasteiger partial charge on any atom is 0.227 e. The predicted octanol–water partition coefficient (Wildman–Crippen LogP) is 2.24. The summed E-state index contributed by atoms with van der Waals surface area (Å²) in [4.78, 5) is 14.0. The topological polar surface area (TPSA) is 20.3 Å². The van der Waals surface area contributed by atoms with E-state index in [0.717, 1.165) is 24.9 Å². The van der Waals surface area contributed by atoms with Crippen molar-refractivity contribution < 1.29 is 4.79 Å². The van der Waals surface area contributed by atoms with Crippen molar-refractivity contribution in [1.82, 2.24) is 4.90 Å². The van der Waals surface area contributed by atoms with Crippen LogP contribution in [0.15, 0.2) is 30.3 Å². The molecular weight excluding hydrogens is 186 g/mol. The molecule has 2 rings (SSSR count). The first-order valence-corrected chi connectivity index (χ1v) is 5.61.